The van der Waals surface area contributed by atoms with Crippen molar-refractivity contribution in [3.05, 3.63) is 77.4 Å². The van der Waals surface area contributed by atoms with E-state index in [0.29, 0.717) is 6.54 Å². The smallest absolute Gasteiger partial charge is 0.191 e. The molecule has 1 heterocycles. The Kier molecular flexibility index (Phi) is 5.63. The molecule has 0 unspecified atom stereocenters. The Bertz CT molecular complexity index is 882. The quantitative estimate of drug-likeness (QED) is 0.550. The summed E-state index contributed by atoms with van der Waals surface area (Å²) in [4.78, 5) is 4.29. The fourth-order valence-electron chi connectivity index (χ4n) is 2.79. The first-order valence-corrected chi connectivity index (χ1v) is 8.62. The molecule has 0 aliphatic carbocycles. The SMILES string of the molecule is CN=C(NCc1ccc(C)cc1C)NCc1nncn1-c1ccccc1. The normalized spacial score (nSPS) is 11.4. The zero-order valence-corrected chi connectivity index (χ0v) is 15.4. The van der Waals surface area contributed by atoms with E-state index in [4.69, 9.17) is 0 Å². The van der Waals surface area contributed by atoms with E-state index in [2.05, 4.69) is 57.9 Å². The van der Waals surface area contributed by atoms with Crippen LogP contribution in [0.15, 0.2) is 59.9 Å². The van der Waals surface area contributed by atoms with Gasteiger partial charge in [0.05, 0.1) is 6.54 Å². The molecule has 0 bridgehead atoms. The van der Waals surface area contributed by atoms with Gasteiger partial charge in [-0.15, -0.1) is 10.2 Å². The zero-order valence-electron chi connectivity index (χ0n) is 15.4. The van der Waals surface area contributed by atoms with E-state index in [1.807, 2.05) is 34.9 Å². The van der Waals surface area contributed by atoms with Crippen molar-refractivity contribution >= 4 is 5.96 Å². The number of benzene rings is 2. The summed E-state index contributed by atoms with van der Waals surface area (Å²) in [6, 6.07) is 16.5. The molecular weight excluding hydrogens is 324 g/mol. The van der Waals surface area contributed by atoms with Crippen LogP contribution >= 0.6 is 0 Å². The largest absolute Gasteiger partial charge is 0.352 e. The lowest BCUT2D eigenvalue weighted by molar-refractivity contribution is 0.753. The number of nitrogens with zero attached hydrogens (tertiary/aromatic N) is 4. The average molecular weight is 348 g/mol. The molecule has 0 spiro atoms. The highest BCUT2D eigenvalue weighted by molar-refractivity contribution is 5.79. The molecule has 0 aliphatic heterocycles. The maximum atomic E-state index is 4.29. The number of rotatable bonds is 5. The van der Waals surface area contributed by atoms with E-state index >= 15 is 0 Å². The molecular formula is C20H24N6. The number of aryl methyl sites for hydroxylation is 2. The molecule has 1 aromatic heterocycles. The summed E-state index contributed by atoms with van der Waals surface area (Å²) in [6.07, 6.45) is 1.72. The number of para-hydroxylation sites is 1. The van der Waals surface area contributed by atoms with Gasteiger partial charge < -0.3 is 10.6 Å². The fraction of sp³-hybridized carbons (Fsp3) is 0.250. The Balaban J connectivity index is 1.61. The predicted octanol–water partition coefficient (Wildman–Crippen LogP) is 2.75. The van der Waals surface area contributed by atoms with Gasteiger partial charge in [0.15, 0.2) is 11.8 Å². The van der Waals surface area contributed by atoms with E-state index in [1.54, 1.807) is 13.4 Å². The summed E-state index contributed by atoms with van der Waals surface area (Å²) in [7, 11) is 1.76. The standard InChI is InChI=1S/C20H24N6/c1-15-9-10-17(16(2)11-15)12-22-20(21-3)23-13-19-25-24-14-26(19)18-7-5-4-6-8-18/h4-11,14H,12-13H2,1-3H3,(H2,21,22,23). The van der Waals surface area contributed by atoms with E-state index < -0.39 is 0 Å². The van der Waals surface area contributed by atoms with Gasteiger partial charge in [-0.05, 0) is 37.1 Å². The molecule has 2 aromatic carbocycles. The van der Waals surface area contributed by atoms with Crippen LogP contribution in [0, 0.1) is 13.8 Å². The summed E-state index contributed by atoms with van der Waals surface area (Å²) < 4.78 is 1.96. The molecule has 6 nitrogen and oxygen atoms in total. The fourth-order valence-corrected chi connectivity index (χ4v) is 2.79. The molecule has 0 saturated heterocycles. The van der Waals surface area contributed by atoms with Gasteiger partial charge in [0.1, 0.15) is 6.33 Å². The van der Waals surface area contributed by atoms with Gasteiger partial charge in [-0.1, -0.05) is 42.0 Å². The van der Waals surface area contributed by atoms with Crippen LogP contribution in [0.25, 0.3) is 5.69 Å². The van der Waals surface area contributed by atoms with Gasteiger partial charge in [-0.2, -0.15) is 0 Å². The van der Waals surface area contributed by atoms with E-state index in [9.17, 15) is 0 Å². The lowest BCUT2D eigenvalue weighted by atomic mass is 10.1. The molecule has 3 aromatic rings. The third-order valence-electron chi connectivity index (χ3n) is 4.23. The Morgan fingerprint density at radius 1 is 1.04 bits per heavy atom. The van der Waals surface area contributed by atoms with Gasteiger partial charge in [0, 0.05) is 19.3 Å². The number of nitrogens with one attached hydrogen (secondary N) is 2. The van der Waals surface area contributed by atoms with Crippen LogP contribution in [0.5, 0.6) is 0 Å². The molecule has 26 heavy (non-hydrogen) atoms. The number of hydrogen-bond acceptors (Lipinski definition) is 3. The average Bonchev–Trinajstić information content (AvgIpc) is 3.12. The molecule has 134 valence electrons. The molecule has 3 rings (SSSR count). The van der Waals surface area contributed by atoms with E-state index in [-0.39, 0.29) is 0 Å². The Morgan fingerprint density at radius 3 is 2.54 bits per heavy atom. The van der Waals surface area contributed by atoms with Gasteiger partial charge in [0.25, 0.3) is 0 Å². The van der Waals surface area contributed by atoms with Crippen molar-refractivity contribution in [2.45, 2.75) is 26.9 Å². The van der Waals surface area contributed by atoms with Crippen molar-refractivity contribution in [1.29, 1.82) is 0 Å². The minimum absolute atomic E-state index is 0.529. The minimum atomic E-state index is 0.529. The topological polar surface area (TPSA) is 67.1 Å². The molecule has 0 atom stereocenters. The summed E-state index contributed by atoms with van der Waals surface area (Å²) in [5.74, 6) is 1.55. The van der Waals surface area contributed by atoms with Crippen molar-refractivity contribution in [3.8, 4) is 5.69 Å². The lowest BCUT2D eigenvalue weighted by Gasteiger charge is -2.14. The molecule has 2 N–H and O–H groups in total. The van der Waals surface area contributed by atoms with Crippen molar-refractivity contribution in [2.24, 2.45) is 4.99 Å². The van der Waals surface area contributed by atoms with Gasteiger partial charge in [-0.3, -0.25) is 9.56 Å². The first kappa shape index (κ1) is 17.7. The molecule has 0 amide bonds. The summed E-state index contributed by atoms with van der Waals surface area (Å²) in [6.45, 7) is 5.48. The predicted molar refractivity (Wildman–Crippen MR) is 104 cm³/mol. The second kappa shape index (κ2) is 8.29. The molecule has 0 fully saturated rings. The van der Waals surface area contributed by atoms with Gasteiger partial charge in [0.2, 0.25) is 0 Å². The Morgan fingerprint density at radius 2 is 1.81 bits per heavy atom. The van der Waals surface area contributed by atoms with Crippen LogP contribution in [0.3, 0.4) is 0 Å². The zero-order chi connectivity index (χ0) is 18.4. The van der Waals surface area contributed by atoms with Crippen LogP contribution in [-0.2, 0) is 13.1 Å². The van der Waals surface area contributed by atoms with Gasteiger partial charge >= 0.3 is 0 Å². The highest BCUT2D eigenvalue weighted by atomic mass is 15.3. The second-order valence-corrected chi connectivity index (χ2v) is 6.16. The minimum Gasteiger partial charge on any atom is -0.352 e. The number of aromatic nitrogens is 3. The first-order chi connectivity index (χ1) is 12.7. The maximum absolute atomic E-state index is 4.29. The second-order valence-electron chi connectivity index (χ2n) is 6.16. The van der Waals surface area contributed by atoms with Crippen LogP contribution in [0.4, 0.5) is 0 Å². The summed E-state index contributed by atoms with van der Waals surface area (Å²) >= 11 is 0. The number of hydrogen-bond donors (Lipinski definition) is 2. The van der Waals surface area contributed by atoms with Crippen LogP contribution in [0.2, 0.25) is 0 Å². The third-order valence-corrected chi connectivity index (χ3v) is 4.23. The maximum Gasteiger partial charge on any atom is 0.191 e. The first-order valence-electron chi connectivity index (χ1n) is 8.62. The molecule has 0 aliphatic rings. The summed E-state index contributed by atoms with van der Waals surface area (Å²) in [5, 5.41) is 14.9. The van der Waals surface area contributed by atoms with Crippen molar-refractivity contribution in [1.82, 2.24) is 25.4 Å². The van der Waals surface area contributed by atoms with Crippen LogP contribution in [0.1, 0.15) is 22.5 Å². The van der Waals surface area contributed by atoms with Crippen molar-refractivity contribution in [3.63, 3.8) is 0 Å². The van der Waals surface area contributed by atoms with E-state index in [1.165, 1.54) is 16.7 Å². The van der Waals surface area contributed by atoms with Gasteiger partial charge in [-0.25, -0.2) is 0 Å². The summed E-state index contributed by atoms with van der Waals surface area (Å²) in [5.41, 5.74) is 4.84. The van der Waals surface area contributed by atoms with E-state index in [0.717, 1.165) is 24.0 Å². The lowest BCUT2D eigenvalue weighted by Crippen LogP contribution is -2.37. The molecule has 6 heteroatoms. The molecule has 0 saturated carbocycles. The number of guanidine groups is 1. The van der Waals surface area contributed by atoms with Crippen LogP contribution in [-0.4, -0.2) is 27.8 Å². The van der Waals surface area contributed by atoms with Crippen molar-refractivity contribution in [2.75, 3.05) is 7.05 Å². The highest BCUT2D eigenvalue weighted by Crippen LogP contribution is 2.10. The van der Waals surface area contributed by atoms with Crippen LogP contribution < -0.4 is 10.6 Å². The number of aliphatic imine (C=N–C) groups is 1. The Labute approximate surface area is 154 Å². The third kappa shape index (κ3) is 4.27. The monoisotopic (exact) mass is 348 g/mol. The Hall–Kier alpha value is -3.15. The molecule has 0 radical (unpaired) electrons. The van der Waals surface area contributed by atoms with Crippen molar-refractivity contribution < 1.29 is 0 Å². The highest BCUT2D eigenvalue weighted by Gasteiger charge is 2.07.